The Morgan fingerprint density at radius 1 is 1.22 bits per heavy atom. The minimum atomic E-state index is -0.950. The van der Waals surface area contributed by atoms with Gasteiger partial charge in [-0.1, -0.05) is 17.7 Å². The van der Waals surface area contributed by atoms with Gasteiger partial charge in [-0.2, -0.15) is 0 Å². The lowest BCUT2D eigenvalue weighted by atomic mass is 9.87. The number of carbonyl (C=O) groups excluding carboxylic acids is 1. The van der Waals surface area contributed by atoms with E-state index >= 15 is 0 Å². The van der Waals surface area contributed by atoms with E-state index in [0.29, 0.717) is 16.1 Å². The minimum Gasteiger partial charge on any atom is -0.508 e. The van der Waals surface area contributed by atoms with Crippen LogP contribution in [0.5, 0.6) is 5.75 Å². The Labute approximate surface area is 161 Å². The number of benzene rings is 2. The number of aromatic hydroxyl groups is 1. The molecule has 1 aliphatic rings. The molecule has 7 heteroatoms. The first-order valence-corrected chi connectivity index (χ1v) is 8.91. The quantitative estimate of drug-likeness (QED) is 0.721. The fourth-order valence-electron chi connectivity index (χ4n) is 3.24. The number of fused-ring (bicyclic) bond motifs is 1. The van der Waals surface area contributed by atoms with E-state index in [2.05, 4.69) is 0 Å². The first-order valence-electron chi connectivity index (χ1n) is 8.53. The lowest BCUT2D eigenvalue weighted by molar-refractivity contribution is 0.0175. The second-order valence-electron chi connectivity index (χ2n) is 7.46. The fourth-order valence-corrected chi connectivity index (χ4v) is 3.42. The van der Waals surface area contributed by atoms with E-state index in [4.69, 9.17) is 16.3 Å². The summed E-state index contributed by atoms with van der Waals surface area (Å²) in [5.41, 5.74) is 0.162. The average Bonchev–Trinajstić information content (AvgIpc) is 2.58. The summed E-state index contributed by atoms with van der Waals surface area (Å²) in [4.78, 5) is 14.2. The van der Waals surface area contributed by atoms with E-state index in [0.717, 1.165) is 6.07 Å². The van der Waals surface area contributed by atoms with Gasteiger partial charge in [-0.15, -0.1) is 0 Å². The second kappa shape index (κ2) is 7.00. The van der Waals surface area contributed by atoms with Crippen LogP contribution in [-0.2, 0) is 11.2 Å². The van der Waals surface area contributed by atoms with Crippen molar-refractivity contribution in [2.24, 2.45) is 0 Å². The topological polar surface area (TPSA) is 49.8 Å². The normalized spacial score (nSPS) is 16.8. The SMILES string of the molecule is CC(C)(C)OC(=O)N1CCc2c(ccc(F)c2F)C1c1cc(Cl)ccc1O. The highest BCUT2D eigenvalue weighted by molar-refractivity contribution is 6.30. The summed E-state index contributed by atoms with van der Waals surface area (Å²) in [6.07, 6.45) is -0.474. The maximum absolute atomic E-state index is 14.4. The molecule has 0 spiro atoms. The molecular formula is C20H20ClF2NO3. The van der Waals surface area contributed by atoms with Gasteiger partial charge in [-0.3, -0.25) is 4.90 Å². The molecule has 0 saturated carbocycles. The number of nitrogens with zero attached hydrogens (tertiary/aromatic N) is 1. The fraction of sp³-hybridized carbons (Fsp3) is 0.350. The van der Waals surface area contributed by atoms with Crippen LogP contribution in [0.3, 0.4) is 0 Å². The van der Waals surface area contributed by atoms with Crippen LogP contribution in [0.25, 0.3) is 0 Å². The molecule has 0 aliphatic carbocycles. The monoisotopic (exact) mass is 395 g/mol. The Kier molecular flexibility index (Phi) is 5.04. The third-order valence-corrected chi connectivity index (χ3v) is 4.59. The summed E-state index contributed by atoms with van der Waals surface area (Å²) in [6, 6.07) is 6.01. The molecule has 1 atom stereocenters. The van der Waals surface area contributed by atoms with E-state index < -0.39 is 29.4 Å². The summed E-state index contributed by atoms with van der Waals surface area (Å²) in [6.45, 7) is 5.33. The van der Waals surface area contributed by atoms with Crippen molar-refractivity contribution in [2.75, 3.05) is 6.54 Å². The van der Waals surface area contributed by atoms with Gasteiger partial charge in [0.05, 0.1) is 6.04 Å². The average molecular weight is 396 g/mol. The Bertz CT molecular complexity index is 896. The van der Waals surface area contributed by atoms with Crippen LogP contribution in [0.4, 0.5) is 13.6 Å². The lowest BCUT2D eigenvalue weighted by Crippen LogP contribution is -2.43. The molecule has 3 rings (SSSR count). The zero-order valence-corrected chi connectivity index (χ0v) is 16.0. The van der Waals surface area contributed by atoms with Gasteiger partial charge in [-0.25, -0.2) is 13.6 Å². The summed E-state index contributed by atoms with van der Waals surface area (Å²) in [7, 11) is 0. The van der Waals surface area contributed by atoms with E-state index in [9.17, 15) is 18.7 Å². The van der Waals surface area contributed by atoms with Crippen molar-refractivity contribution < 1.29 is 23.4 Å². The number of carbonyl (C=O) groups is 1. The van der Waals surface area contributed by atoms with Crippen molar-refractivity contribution in [1.29, 1.82) is 0 Å². The van der Waals surface area contributed by atoms with Crippen molar-refractivity contribution >= 4 is 17.7 Å². The lowest BCUT2D eigenvalue weighted by Gasteiger charge is -2.38. The Morgan fingerprint density at radius 2 is 1.93 bits per heavy atom. The molecule has 0 fully saturated rings. The van der Waals surface area contributed by atoms with Crippen LogP contribution in [0, 0.1) is 11.6 Å². The summed E-state index contributed by atoms with van der Waals surface area (Å²) >= 11 is 6.07. The van der Waals surface area contributed by atoms with Gasteiger partial charge in [0.15, 0.2) is 11.6 Å². The smallest absolute Gasteiger partial charge is 0.411 e. The zero-order chi connectivity index (χ0) is 19.9. The van der Waals surface area contributed by atoms with Crippen molar-refractivity contribution in [3.63, 3.8) is 0 Å². The van der Waals surface area contributed by atoms with Gasteiger partial charge in [0.1, 0.15) is 11.4 Å². The second-order valence-corrected chi connectivity index (χ2v) is 7.89. The largest absolute Gasteiger partial charge is 0.508 e. The number of ether oxygens (including phenoxy) is 1. The molecule has 1 N–H and O–H groups in total. The highest BCUT2D eigenvalue weighted by Crippen LogP contribution is 2.41. The first kappa shape index (κ1) is 19.4. The molecule has 27 heavy (non-hydrogen) atoms. The first-order chi connectivity index (χ1) is 12.6. The molecule has 1 heterocycles. The minimum absolute atomic E-state index is 0.101. The van der Waals surface area contributed by atoms with Gasteiger partial charge >= 0.3 is 6.09 Å². The molecule has 0 saturated heterocycles. The Hall–Kier alpha value is -2.34. The standard InChI is InChI=1S/C20H20ClF2NO3/c1-20(2,3)27-19(26)24-9-8-12-13(5-6-15(22)17(12)23)18(24)14-10-11(21)4-7-16(14)25/h4-7,10,18,25H,8-9H2,1-3H3. The van der Waals surface area contributed by atoms with Crippen LogP contribution in [-0.4, -0.2) is 28.2 Å². The van der Waals surface area contributed by atoms with E-state index in [1.807, 2.05) is 0 Å². The molecule has 0 aromatic heterocycles. The van der Waals surface area contributed by atoms with E-state index in [-0.39, 0.29) is 24.3 Å². The number of amides is 1. The van der Waals surface area contributed by atoms with Crippen LogP contribution < -0.4 is 0 Å². The summed E-state index contributed by atoms with van der Waals surface area (Å²) < 4.78 is 33.5. The van der Waals surface area contributed by atoms with Crippen molar-refractivity contribution in [3.05, 3.63) is 63.7 Å². The number of phenols is 1. The van der Waals surface area contributed by atoms with Crippen LogP contribution in [0.2, 0.25) is 5.02 Å². The van der Waals surface area contributed by atoms with Gasteiger partial charge < -0.3 is 9.84 Å². The number of phenolic OH excluding ortho intramolecular Hbond substituents is 1. The number of hydrogen-bond acceptors (Lipinski definition) is 3. The Balaban J connectivity index is 2.16. The maximum Gasteiger partial charge on any atom is 0.411 e. The van der Waals surface area contributed by atoms with Crippen LogP contribution in [0.1, 0.15) is 43.5 Å². The predicted octanol–water partition coefficient (Wildman–Crippen LogP) is 5.21. The summed E-state index contributed by atoms with van der Waals surface area (Å²) in [5.74, 6) is -1.99. The van der Waals surface area contributed by atoms with E-state index in [1.165, 1.54) is 29.2 Å². The third kappa shape index (κ3) is 3.86. The van der Waals surface area contributed by atoms with E-state index in [1.54, 1.807) is 20.8 Å². The number of hydrogen-bond donors (Lipinski definition) is 1. The molecular weight excluding hydrogens is 376 g/mol. The molecule has 2 aromatic rings. The molecule has 0 radical (unpaired) electrons. The summed E-state index contributed by atoms with van der Waals surface area (Å²) in [5, 5.41) is 10.7. The Morgan fingerprint density at radius 3 is 2.59 bits per heavy atom. The molecule has 1 unspecified atom stereocenters. The highest BCUT2D eigenvalue weighted by atomic mass is 35.5. The third-order valence-electron chi connectivity index (χ3n) is 4.35. The van der Waals surface area contributed by atoms with Crippen molar-refractivity contribution in [2.45, 2.75) is 38.8 Å². The van der Waals surface area contributed by atoms with Gasteiger partial charge in [0.2, 0.25) is 0 Å². The van der Waals surface area contributed by atoms with Crippen molar-refractivity contribution in [1.82, 2.24) is 4.90 Å². The van der Waals surface area contributed by atoms with Crippen LogP contribution >= 0.6 is 11.6 Å². The number of rotatable bonds is 1. The molecule has 1 amide bonds. The molecule has 4 nitrogen and oxygen atoms in total. The predicted molar refractivity (Wildman–Crippen MR) is 98.0 cm³/mol. The highest BCUT2D eigenvalue weighted by Gasteiger charge is 2.37. The van der Waals surface area contributed by atoms with Gasteiger partial charge in [0.25, 0.3) is 0 Å². The molecule has 144 valence electrons. The van der Waals surface area contributed by atoms with Gasteiger partial charge in [-0.05, 0) is 62.6 Å². The zero-order valence-electron chi connectivity index (χ0n) is 15.2. The number of halogens is 3. The molecule has 1 aliphatic heterocycles. The molecule has 2 aromatic carbocycles. The van der Waals surface area contributed by atoms with Crippen molar-refractivity contribution in [3.8, 4) is 5.75 Å². The molecule has 0 bridgehead atoms. The van der Waals surface area contributed by atoms with Gasteiger partial charge in [0, 0.05) is 17.1 Å². The van der Waals surface area contributed by atoms with Crippen LogP contribution in [0.15, 0.2) is 30.3 Å². The maximum atomic E-state index is 14.4.